The molecule has 1 spiro atoms. The second-order valence-electron chi connectivity index (χ2n) is 22.8. The van der Waals surface area contributed by atoms with Gasteiger partial charge in [-0.2, -0.15) is 0 Å². The minimum absolute atomic E-state index is 0.0677. The van der Waals surface area contributed by atoms with E-state index in [1.807, 2.05) is 0 Å². The van der Waals surface area contributed by atoms with Gasteiger partial charge in [-0.3, -0.25) is 4.79 Å². The summed E-state index contributed by atoms with van der Waals surface area (Å²) in [4.78, 5) is 13.7. The van der Waals surface area contributed by atoms with Crippen LogP contribution in [0.1, 0.15) is 99.8 Å². The average molecular weight is 897 g/mol. The van der Waals surface area contributed by atoms with Crippen LogP contribution in [0.5, 0.6) is 0 Å². The Morgan fingerprint density at radius 3 is 2.08 bits per heavy atom. The molecule has 2 bridgehead atoms. The summed E-state index contributed by atoms with van der Waals surface area (Å²) in [5.74, 6) is 0.186. The SMILES string of the molecule is CC1(C)C[C@H]2C3=CC[C@@H]4[C@@]5(C)CC[C@H](O[C@@H]6O[C@H](CO[C@@H]7OC[C@H](O)[C@H](O)[C@H]7O[C@@H]7OC[C@@H](O)[C@H](O)[C@H]7O)[C@@H](O)[C@H](O)[C@H]6O)C(C)(C)C5CC[C@@]4(C)[C@]3(C)C[C@@H](O)[C@@]23C[C@@H]1OC3=O. The molecule has 5 aliphatic carbocycles. The number of ether oxygens (including phenoxy) is 7. The molecule has 0 aromatic carbocycles. The van der Waals surface area contributed by atoms with E-state index >= 15 is 0 Å². The van der Waals surface area contributed by atoms with E-state index in [0.717, 1.165) is 32.1 Å². The molecule has 358 valence electrons. The monoisotopic (exact) mass is 896 g/mol. The van der Waals surface area contributed by atoms with Crippen LogP contribution in [-0.4, -0.2) is 170 Å². The van der Waals surface area contributed by atoms with Crippen molar-refractivity contribution < 1.29 is 83.9 Å². The molecule has 4 aliphatic heterocycles. The fourth-order valence-electron chi connectivity index (χ4n) is 15.0. The van der Waals surface area contributed by atoms with E-state index in [9.17, 15) is 50.8 Å². The number of esters is 1. The van der Waals surface area contributed by atoms with Crippen LogP contribution in [0.15, 0.2) is 11.6 Å². The number of carbonyl (C=O) groups excluding carboxylic acids is 1. The fourth-order valence-corrected chi connectivity index (χ4v) is 15.0. The van der Waals surface area contributed by atoms with Crippen LogP contribution in [0.4, 0.5) is 0 Å². The standard InChI is InChI=1S/C46H72O17/c1-41(2)14-21-20-8-9-26-43(5)12-11-28(42(3,4)25(43)10-13-44(26,6)45(20,7)15-27(49)46(21)16-29(41)62-40(46)56)61-38-35(55)33(53)32(52)24(60-38)19-59-39-36(31(51)23(48)18-58-39)63-37-34(54)30(50)22(47)17-57-37/h8,21-39,47-55H,9-19H2,1-7H3/t21-,22+,23-,24+,25?,26+,27+,28-,29-,30-,31-,32+,33-,34+,35+,36+,37-,38-,39-,43-,44+,45+,46+/m0/s1. The second kappa shape index (κ2) is 15.8. The van der Waals surface area contributed by atoms with Crippen LogP contribution in [-0.2, 0) is 38.0 Å². The summed E-state index contributed by atoms with van der Waals surface area (Å²) in [6, 6.07) is 0. The zero-order chi connectivity index (χ0) is 45.6. The predicted octanol–water partition coefficient (Wildman–Crippen LogP) is 0.406. The molecule has 23 atom stereocenters. The van der Waals surface area contributed by atoms with Crippen LogP contribution in [0.3, 0.4) is 0 Å². The number of aliphatic hydroxyl groups excluding tert-OH is 9. The number of allylic oxidation sites excluding steroid dienone is 2. The average Bonchev–Trinajstić information content (AvgIpc) is 3.54. The molecule has 17 nitrogen and oxygen atoms in total. The van der Waals surface area contributed by atoms with Crippen molar-refractivity contribution in [1.82, 2.24) is 0 Å². The van der Waals surface area contributed by atoms with Gasteiger partial charge in [-0.15, -0.1) is 0 Å². The number of fused-ring (bicyclic) bond motifs is 7. The summed E-state index contributed by atoms with van der Waals surface area (Å²) in [5, 5.41) is 97.2. The normalized spacial score (nSPS) is 56.0. The van der Waals surface area contributed by atoms with Gasteiger partial charge in [0, 0.05) is 11.8 Å². The Labute approximate surface area is 369 Å². The van der Waals surface area contributed by atoms with Crippen LogP contribution >= 0.6 is 0 Å². The molecule has 9 rings (SSSR count). The molecule has 0 aromatic rings. The van der Waals surface area contributed by atoms with Crippen LogP contribution < -0.4 is 0 Å². The highest BCUT2D eigenvalue weighted by atomic mass is 16.8. The van der Waals surface area contributed by atoms with Crippen LogP contribution in [0.2, 0.25) is 0 Å². The topological polar surface area (TPSA) is 264 Å². The van der Waals surface area contributed by atoms with Gasteiger partial charge in [0.05, 0.1) is 32.0 Å². The van der Waals surface area contributed by atoms with Gasteiger partial charge >= 0.3 is 5.97 Å². The summed E-state index contributed by atoms with van der Waals surface area (Å²) >= 11 is 0. The molecule has 4 heterocycles. The highest BCUT2D eigenvalue weighted by molar-refractivity contribution is 5.82. The largest absolute Gasteiger partial charge is 0.461 e. The third-order valence-electron chi connectivity index (χ3n) is 19.0. The first-order valence-corrected chi connectivity index (χ1v) is 23.3. The Hall–Kier alpha value is -1.39. The molecule has 9 N–H and O–H groups in total. The van der Waals surface area contributed by atoms with Crippen molar-refractivity contribution in [1.29, 1.82) is 0 Å². The lowest BCUT2D eigenvalue weighted by Crippen LogP contribution is -2.67. The molecule has 4 saturated heterocycles. The van der Waals surface area contributed by atoms with Crippen molar-refractivity contribution in [3.8, 4) is 0 Å². The predicted molar refractivity (Wildman–Crippen MR) is 218 cm³/mol. The summed E-state index contributed by atoms with van der Waals surface area (Å²) in [6.45, 7) is 14.8. The Kier molecular flexibility index (Phi) is 11.7. The molecule has 63 heavy (non-hydrogen) atoms. The third kappa shape index (κ3) is 6.83. The first kappa shape index (κ1) is 46.7. The summed E-state index contributed by atoms with van der Waals surface area (Å²) in [5.41, 5.74) is -0.746. The van der Waals surface area contributed by atoms with E-state index in [1.165, 1.54) is 5.57 Å². The van der Waals surface area contributed by atoms with Gasteiger partial charge in [-0.25, -0.2) is 0 Å². The van der Waals surface area contributed by atoms with Crippen molar-refractivity contribution in [2.75, 3.05) is 19.8 Å². The Morgan fingerprint density at radius 1 is 0.698 bits per heavy atom. The van der Waals surface area contributed by atoms with Gasteiger partial charge in [0.2, 0.25) is 0 Å². The van der Waals surface area contributed by atoms with Crippen molar-refractivity contribution in [3.05, 3.63) is 11.6 Å². The quantitative estimate of drug-likeness (QED) is 0.0952. The van der Waals surface area contributed by atoms with Crippen molar-refractivity contribution >= 4 is 5.97 Å². The van der Waals surface area contributed by atoms with E-state index in [0.29, 0.717) is 19.3 Å². The summed E-state index contributed by atoms with van der Waals surface area (Å²) in [6.07, 6.45) is -12.4. The van der Waals surface area contributed by atoms with Gasteiger partial charge in [-0.1, -0.05) is 60.1 Å². The molecular weight excluding hydrogens is 824 g/mol. The molecule has 8 fully saturated rings. The lowest BCUT2D eigenvalue weighted by molar-refractivity contribution is -0.357. The molecule has 17 heteroatoms. The highest BCUT2D eigenvalue weighted by Gasteiger charge is 2.74. The van der Waals surface area contributed by atoms with E-state index in [4.69, 9.17) is 33.2 Å². The number of hydrogen-bond donors (Lipinski definition) is 9. The van der Waals surface area contributed by atoms with E-state index in [2.05, 4.69) is 54.5 Å². The number of carbonyl (C=O) groups is 1. The maximum Gasteiger partial charge on any atom is 0.315 e. The second-order valence-corrected chi connectivity index (χ2v) is 22.8. The maximum absolute atomic E-state index is 13.7. The van der Waals surface area contributed by atoms with E-state index in [-0.39, 0.29) is 64.7 Å². The minimum atomic E-state index is -1.70. The first-order chi connectivity index (χ1) is 29.4. The van der Waals surface area contributed by atoms with E-state index < -0.39 is 110 Å². The minimum Gasteiger partial charge on any atom is -0.461 e. The van der Waals surface area contributed by atoms with E-state index in [1.54, 1.807) is 0 Å². The Morgan fingerprint density at radius 2 is 1.37 bits per heavy atom. The molecule has 0 radical (unpaired) electrons. The van der Waals surface area contributed by atoms with Crippen molar-refractivity contribution in [3.63, 3.8) is 0 Å². The highest BCUT2D eigenvalue weighted by Crippen LogP contribution is 2.76. The lowest BCUT2D eigenvalue weighted by atomic mass is 9.33. The summed E-state index contributed by atoms with van der Waals surface area (Å²) < 4.78 is 41.4. The smallest absolute Gasteiger partial charge is 0.315 e. The fraction of sp³-hybridized carbons (Fsp3) is 0.935. The number of hydrogen-bond acceptors (Lipinski definition) is 17. The lowest BCUT2D eigenvalue weighted by Gasteiger charge is -2.71. The Balaban J connectivity index is 0.896. The zero-order valence-corrected chi connectivity index (χ0v) is 37.6. The van der Waals surface area contributed by atoms with Gasteiger partial charge in [0.15, 0.2) is 18.9 Å². The van der Waals surface area contributed by atoms with Crippen LogP contribution in [0, 0.1) is 50.2 Å². The van der Waals surface area contributed by atoms with Gasteiger partial charge in [0.1, 0.15) is 72.6 Å². The zero-order valence-electron chi connectivity index (χ0n) is 37.6. The molecule has 4 saturated carbocycles. The van der Waals surface area contributed by atoms with Crippen LogP contribution in [0.25, 0.3) is 0 Å². The molecule has 0 aromatic heterocycles. The summed E-state index contributed by atoms with van der Waals surface area (Å²) in [7, 11) is 0. The maximum atomic E-state index is 13.7. The van der Waals surface area contributed by atoms with Gasteiger partial charge < -0.3 is 79.1 Å². The number of aliphatic hydroxyl groups is 9. The Bertz CT molecular complexity index is 1780. The molecule has 9 aliphatic rings. The molecular formula is C46H72O17. The van der Waals surface area contributed by atoms with Gasteiger partial charge in [-0.05, 0) is 84.4 Å². The number of rotatable bonds is 7. The van der Waals surface area contributed by atoms with Crippen molar-refractivity contribution in [2.45, 2.75) is 198 Å². The first-order valence-electron chi connectivity index (χ1n) is 23.3. The van der Waals surface area contributed by atoms with Crippen molar-refractivity contribution in [2.24, 2.45) is 50.2 Å². The third-order valence-corrected chi connectivity index (χ3v) is 19.0. The van der Waals surface area contributed by atoms with Gasteiger partial charge in [0.25, 0.3) is 0 Å². The molecule has 0 amide bonds. The molecule has 1 unspecified atom stereocenters.